The third-order valence-electron chi connectivity index (χ3n) is 4.88. The molecule has 1 aliphatic carbocycles. The van der Waals surface area contributed by atoms with Gasteiger partial charge in [0.05, 0.1) is 12.1 Å². The molecule has 0 atom stereocenters. The molecule has 1 aromatic heterocycles. The molecule has 0 radical (unpaired) electrons. The Kier molecular flexibility index (Phi) is 3.65. The Hall–Kier alpha value is -1.86. The highest BCUT2D eigenvalue weighted by atomic mass is 32.2. The smallest absolute Gasteiger partial charge is 0.245 e. The Bertz CT molecular complexity index is 869. The van der Waals surface area contributed by atoms with Crippen molar-refractivity contribution in [2.24, 2.45) is 0 Å². The summed E-state index contributed by atoms with van der Waals surface area (Å²) in [5, 5.41) is 0. The summed E-state index contributed by atoms with van der Waals surface area (Å²) in [6.07, 6.45) is 5.97. The molecule has 2 heterocycles. The number of nitrogens with one attached hydrogen (secondary N) is 2. The van der Waals surface area contributed by atoms with Gasteiger partial charge in [-0.05, 0) is 50.7 Å². The molecule has 0 spiro atoms. The van der Waals surface area contributed by atoms with Gasteiger partial charge in [-0.25, -0.2) is 13.4 Å². The summed E-state index contributed by atoms with van der Waals surface area (Å²) < 4.78 is 34.7. The summed E-state index contributed by atoms with van der Waals surface area (Å²) in [6, 6.07) is 5.33. The first-order chi connectivity index (χ1) is 11.5. The summed E-state index contributed by atoms with van der Waals surface area (Å²) >= 11 is 0. The van der Waals surface area contributed by atoms with E-state index in [9.17, 15) is 8.42 Å². The molecular formula is C17H21N3O3S. The van der Waals surface area contributed by atoms with Gasteiger partial charge in [-0.15, -0.1) is 0 Å². The van der Waals surface area contributed by atoms with Crippen LogP contribution in [0.4, 0.5) is 0 Å². The van der Waals surface area contributed by atoms with E-state index in [0.717, 1.165) is 43.4 Å². The van der Waals surface area contributed by atoms with Crippen LogP contribution < -0.4 is 9.46 Å². The van der Waals surface area contributed by atoms with Crippen LogP contribution in [-0.4, -0.2) is 25.0 Å². The topological polar surface area (TPSA) is 84.1 Å². The molecule has 7 heteroatoms. The first kappa shape index (κ1) is 15.7. The fourth-order valence-corrected chi connectivity index (χ4v) is 5.07. The largest absolute Gasteiger partial charge is 0.492 e. The monoisotopic (exact) mass is 347 g/mol. The minimum absolute atomic E-state index is 0.231. The molecule has 2 N–H and O–H groups in total. The van der Waals surface area contributed by atoms with Crippen molar-refractivity contribution >= 4 is 10.0 Å². The van der Waals surface area contributed by atoms with E-state index in [0.29, 0.717) is 18.2 Å². The van der Waals surface area contributed by atoms with Crippen molar-refractivity contribution in [1.29, 1.82) is 0 Å². The molecule has 0 saturated heterocycles. The zero-order valence-corrected chi connectivity index (χ0v) is 14.4. The van der Waals surface area contributed by atoms with Gasteiger partial charge in [0, 0.05) is 11.9 Å². The van der Waals surface area contributed by atoms with Crippen molar-refractivity contribution < 1.29 is 13.2 Å². The van der Waals surface area contributed by atoms with Gasteiger partial charge in [-0.2, -0.15) is 4.72 Å². The minimum atomic E-state index is -3.69. The summed E-state index contributed by atoms with van der Waals surface area (Å²) in [7, 11) is -3.69. The summed E-state index contributed by atoms with van der Waals surface area (Å²) in [6.45, 7) is 2.47. The third kappa shape index (κ3) is 2.52. The molecule has 2 aromatic rings. The molecule has 6 nitrogen and oxygen atoms in total. The molecular weight excluding hydrogens is 326 g/mol. The van der Waals surface area contributed by atoms with Crippen LogP contribution >= 0.6 is 0 Å². The second-order valence-corrected chi connectivity index (χ2v) is 8.30. The van der Waals surface area contributed by atoms with Crippen LogP contribution in [0.2, 0.25) is 0 Å². The van der Waals surface area contributed by atoms with E-state index >= 15 is 0 Å². The molecule has 0 bridgehead atoms. The molecule has 128 valence electrons. The number of aromatic nitrogens is 2. The van der Waals surface area contributed by atoms with Crippen LogP contribution in [0.3, 0.4) is 0 Å². The summed E-state index contributed by atoms with van der Waals surface area (Å²) in [4.78, 5) is 7.78. The lowest BCUT2D eigenvalue weighted by Gasteiger charge is -2.40. The summed E-state index contributed by atoms with van der Waals surface area (Å²) in [5.74, 6) is 1.20. The van der Waals surface area contributed by atoms with Crippen LogP contribution in [0.15, 0.2) is 29.3 Å². The quantitative estimate of drug-likeness (QED) is 0.889. The lowest BCUT2D eigenvalue weighted by atomic mass is 9.77. The number of aromatic amines is 1. The number of ether oxygens (including phenoxy) is 1. The van der Waals surface area contributed by atoms with E-state index in [1.165, 1.54) is 0 Å². The van der Waals surface area contributed by atoms with Gasteiger partial charge in [-0.1, -0.05) is 12.1 Å². The maximum Gasteiger partial charge on any atom is 0.245 e. The average molecular weight is 347 g/mol. The Morgan fingerprint density at radius 3 is 2.79 bits per heavy atom. The van der Waals surface area contributed by atoms with E-state index < -0.39 is 15.6 Å². The maximum atomic E-state index is 13.1. The first-order valence-electron chi connectivity index (χ1n) is 8.31. The molecule has 1 fully saturated rings. The first-order valence-corrected chi connectivity index (χ1v) is 9.79. The number of sulfonamides is 1. The molecule has 1 aromatic carbocycles. The number of para-hydroxylation sites is 1. The van der Waals surface area contributed by atoms with Crippen LogP contribution in [0, 0.1) is 6.92 Å². The fourth-order valence-electron chi connectivity index (χ4n) is 3.46. The number of H-pyrrole nitrogens is 1. The van der Waals surface area contributed by atoms with Crippen molar-refractivity contribution in [2.75, 3.05) is 6.61 Å². The number of hydrogen-bond acceptors (Lipinski definition) is 4. The Morgan fingerprint density at radius 1 is 1.29 bits per heavy atom. The predicted molar refractivity (Wildman–Crippen MR) is 89.4 cm³/mol. The maximum absolute atomic E-state index is 13.1. The number of fused-ring (bicyclic) bond motifs is 1. The highest BCUT2D eigenvalue weighted by Crippen LogP contribution is 2.42. The Balaban J connectivity index is 1.71. The standard InChI is InChI=1S/C17H21N3O3S/c1-12-11-18-16(19-12)17(8-4-9-17)20-24(21,22)14-7-2-5-13-6-3-10-23-15(13)14/h2,5,7,11,20H,3-4,6,8-10H2,1H3,(H,18,19). The van der Waals surface area contributed by atoms with Gasteiger partial charge >= 0.3 is 0 Å². The minimum Gasteiger partial charge on any atom is -0.492 e. The summed E-state index contributed by atoms with van der Waals surface area (Å²) in [5.41, 5.74) is 1.25. The lowest BCUT2D eigenvalue weighted by Crippen LogP contribution is -2.51. The van der Waals surface area contributed by atoms with Crippen LogP contribution in [0.1, 0.15) is 42.8 Å². The van der Waals surface area contributed by atoms with E-state index in [4.69, 9.17) is 4.74 Å². The van der Waals surface area contributed by atoms with Crippen LogP contribution in [-0.2, 0) is 22.0 Å². The second kappa shape index (κ2) is 5.60. The van der Waals surface area contributed by atoms with E-state index in [2.05, 4.69) is 14.7 Å². The Labute approximate surface area is 141 Å². The van der Waals surface area contributed by atoms with Crippen molar-refractivity contribution in [1.82, 2.24) is 14.7 Å². The zero-order valence-electron chi connectivity index (χ0n) is 13.6. The molecule has 1 saturated carbocycles. The normalized spacial score (nSPS) is 19.2. The average Bonchev–Trinajstić information content (AvgIpc) is 2.97. The van der Waals surface area contributed by atoms with E-state index in [-0.39, 0.29) is 4.90 Å². The van der Waals surface area contributed by atoms with Gasteiger partial charge in [0.15, 0.2) is 0 Å². The molecule has 2 aliphatic rings. The predicted octanol–water partition coefficient (Wildman–Crippen LogP) is 2.40. The third-order valence-corrected chi connectivity index (χ3v) is 6.44. The molecule has 0 amide bonds. The van der Waals surface area contributed by atoms with Gasteiger partial charge in [0.2, 0.25) is 10.0 Å². The van der Waals surface area contributed by atoms with Crippen LogP contribution in [0.5, 0.6) is 5.75 Å². The fraction of sp³-hybridized carbons (Fsp3) is 0.471. The number of hydrogen-bond donors (Lipinski definition) is 2. The molecule has 24 heavy (non-hydrogen) atoms. The van der Waals surface area contributed by atoms with Crippen molar-refractivity contribution in [3.05, 3.63) is 41.5 Å². The highest BCUT2D eigenvalue weighted by Gasteiger charge is 2.45. The van der Waals surface area contributed by atoms with Crippen molar-refractivity contribution in [3.8, 4) is 5.75 Å². The molecule has 1 aliphatic heterocycles. The zero-order chi connectivity index (χ0) is 16.8. The SMILES string of the molecule is Cc1cnc(C2(NS(=O)(=O)c3cccc4c3OCCC4)CCC2)[nH]1. The van der Waals surface area contributed by atoms with E-state index in [1.807, 2.05) is 13.0 Å². The second-order valence-electron chi connectivity index (χ2n) is 6.65. The van der Waals surface area contributed by atoms with Crippen LogP contribution in [0.25, 0.3) is 0 Å². The van der Waals surface area contributed by atoms with Crippen molar-refractivity contribution in [3.63, 3.8) is 0 Å². The van der Waals surface area contributed by atoms with E-state index in [1.54, 1.807) is 18.3 Å². The van der Waals surface area contributed by atoms with Crippen molar-refractivity contribution in [2.45, 2.75) is 49.5 Å². The lowest BCUT2D eigenvalue weighted by molar-refractivity contribution is 0.211. The number of nitrogens with zero attached hydrogens (tertiary/aromatic N) is 1. The van der Waals surface area contributed by atoms with Gasteiger partial charge < -0.3 is 9.72 Å². The number of aryl methyl sites for hydroxylation is 2. The number of imidazole rings is 1. The highest BCUT2D eigenvalue weighted by molar-refractivity contribution is 7.89. The molecule has 4 rings (SSSR count). The number of benzene rings is 1. The van der Waals surface area contributed by atoms with Gasteiger partial charge in [0.25, 0.3) is 0 Å². The Morgan fingerprint density at radius 2 is 2.12 bits per heavy atom. The van der Waals surface area contributed by atoms with Gasteiger partial charge in [0.1, 0.15) is 16.5 Å². The number of rotatable bonds is 4. The molecule has 0 unspecified atom stereocenters. The van der Waals surface area contributed by atoms with Gasteiger partial charge in [-0.3, -0.25) is 0 Å².